The maximum absolute atomic E-state index is 5.85. The van der Waals surface area contributed by atoms with Gasteiger partial charge in [0.05, 0.1) is 6.04 Å². The lowest BCUT2D eigenvalue weighted by Gasteiger charge is -2.28. The van der Waals surface area contributed by atoms with E-state index in [2.05, 4.69) is 17.9 Å². The number of hydrogen-bond donors (Lipinski definition) is 0. The molecular formula is C17H31NO5. The summed E-state index contributed by atoms with van der Waals surface area (Å²) in [6, 6.07) is 0.188. The molecule has 0 aromatic heterocycles. The molecule has 0 aromatic rings. The summed E-state index contributed by atoms with van der Waals surface area (Å²) in [6.45, 7) is 3.88. The first-order valence-corrected chi connectivity index (χ1v) is 8.39. The second-order valence-electron chi connectivity index (χ2n) is 6.27. The van der Waals surface area contributed by atoms with Gasteiger partial charge < -0.3 is 23.7 Å². The van der Waals surface area contributed by atoms with Crippen molar-refractivity contribution in [1.82, 2.24) is 4.90 Å². The first kappa shape index (κ1) is 18.8. The lowest BCUT2D eigenvalue weighted by atomic mass is 10.0. The highest BCUT2D eigenvalue weighted by molar-refractivity contribution is 5.17. The molecule has 0 saturated carbocycles. The van der Waals surface area contributed by atoms with Gasteiger partial charge in [-0.2, -0.15) is 0 Å². The number of likely N-dealkylation sites (tertiary alicyclic amines) is 1. The summed E-state index contributed by atoms with van der Waals surface area (Å²) >= 11 is 0. The van der Waals surface area contributed by atoms with Crippen LogP contribution in [0.5, 0.6) is 0 Å². The van der Waals surface area contributed by atoms with Gasteiger partial charge in [-0.15, -0.1) is 0 Å². The van der Waals surface area contributed by atoms with Crippen molar-refractivity contribution in [1.29, 1.82) is 0 Å². The van der Waals surface area contributed by atoms with Crippen molar-refractivity contribution in [2.24, 2.45) is 0 Å². The molecule has 2 aliphatic rings. The quantitative estimate of drug-likeness (QED) is 0.237. The summed E-state index contributed by atoms with van der Waals surface area (Å²) < 4.78 is 27.0. The molecule has 0 N–H and O–H groups in total. The summed E-state index contributed by atoms with van der Waals surface area (Å²) in [5.41, 5.74) is 1.39. The molecule has 6 nitrogen and oxygen atoms in total. The minimum atomic E-state index is 0.0125. The van der Waals surface area contributed by atoms with E-state index in [0.29, 0.717) is 13.5 Å². The van der Waals surface area contributed by atoms with Crippen LogP contribution in [0.2, 0.25) is 0 Å². The predicted molar refractivity (Wildman–Crippen MR) is 87.0 cm³/mol. The lowest BCUT2D eigenvalue weighted by Crippen LogP contribution is -2.41. The Morgan fingerprint density at radius 2 is 1.91 bits per heavy atom. The zero-order valence-electron chi connectivity index (χ0n) is 14.8. The molecule has 0 spiro atoms. The molecule has 3 unspecified atom stereocenters. The molecule has 2 saturated heterocycles. The van der Waals surface area contributed by atoms with Gasteiger partial charge in [-0.25, -0.2) is 4.90 Å². The Hall–Kier alpha value is -0.500. The van der Waals surface area contributed by atoms with Crippen LogP contribution in [0.25, 0.3) is 0 Å². The Morgan fingerprint density at radius 3 is 2.61 bits per heavy atom. The number of nitrogens with zero attached hydrogens (tertiary/aromatic N) is 1. The molecule has 6 heteroatoms. The summed E-state index contributed by atoms with van der Waals surface area (Å²) in [5, 5.41) is 0. The van der Waals surface area contributed by atoms with Gasteiger partial charge in [-0.05, 0) is 26.2 Å². The van der Waals surface area contributed by atoms with Crippen LogP contribution in [0.15, 0.2) is 11.6 Å². The topological polar surface area (TPSA) is 52.7 Å². The van der Waals surface area contributed by atoms with Crippen molar-refractivity contribution in [2.75, 3.05) is 41.5 Å². The molecule has 2 fully saturated rings. The molecule has 2 aliphatic heterocycles. The fourth-order valence-electron chi connectivity index (χ4n) is 3.22. The van der Waals surface area contributed by atoms with Crippen molar-refractivity contribution < 1.29 is 23.7 Å². The Morgan fingerprint density at radius 1 is 1.09 bits per heavy atom. The van der Waals surface area contributed by atoms with Crippen LogP contribution in [-0.2, 0) is 23.7 Å². The number of unbranched alkanes of at least 4 members (excludes halogenated alkanes) is 2. The van der Waals surface area contributed by atoms with Crippen molar-refractivity contribution in [3.05, 3.63) is 11.6 Å². The molecule has 0 bridgehead atoms. The van der Waals surface area contributed by atoms with Crippen LogP contribution in [0.3, 0.4) is 0 Å². The third-order valence-corrected chi connectivity index (χ3v) is 4.40. The molecule has 0 aromatic carbocycles. The zero-order chi connectivity index (χ0) is 16.7. The van der Waals surface area contributed by atoms with Crippen LogP contribution < -0.4 is 0 Å². The number of ether oxygens (including phenoxy) is 5. The fourth-order valence-corrected chi connectivity index (χ4v) is 3.22. The van der Waals surface area contributed by atoms with Gasteiger partial charge in [0.25, 0.3) is 0 Å². The van der Waals surface area contributed by atoms with E-state index in [1.54, 1.807) is 21.3 Å². The summed E-state index contributed by atoms with van der Waals surface area (Å²) in [6.07, 6.45) is 7.20. The molecule has 134 valence electrons. The average molecular weight is 329 g/mol. The van der Waals surface area contributed by atoms with Gasteiger partial charge >= 0.3 is 0 Å². The Balaban J connectivity index is 1.88. The van der Waals surface area contributed by atoms with E-state index in [0.717, 1.165) is 19.4 Å². The largest absolute Gasteiger partial charge is 0.385 e. The molecule has 23 heavy (non-hydrogen) atoms. The van der Waals surface area contributed by atoms with Crippen LogP contribution >= 0.6 is 0 Å². The smallest absolute Gasteiger partial charge is 0.146 e. The minimum Gasteiger partial charge on any atom is -0.385 e. The van der Waals surface area contributed by atoms with Crippen LogP contribution in [-0.4, -0.2) is 70.8 Å². The molecule has 2 heterocycles. The Bertz CT molecular complexity index is 376. The highest BCUT2D eigenvalue weighted by Crippen LogP contribution is 2.42. The normalized spacial score (nSPS) is 30.7. The third-order valence-electron chi connectivity index (χ3n) is 4.40. The van der Waals surface area contributed by atoms with Crippen LogP contribution in [0, 0.1) is 0 Å². The molecule has 4 atom stereocenters. The molecule has 0 aliphatic carbocycles. The van der Waals surface area contributed by atoms with Gasteiger partial charge in [0, 0.05) is 27.9 Å². The van der Waals surface area contributed by atoms with Crippen molar-refractivity contribution in [3.8, 4) is 0 Å². The first-order chi connectivity index (χ1) is 11.2. The lowest BCUT2D eigenvalue weighted by molar-refractivity contribution is -0.108. The summed E-state index contributed by atoms with van der Waals surface area (Å²) in [5.74, 6) is 0. The van der Waals surface area contributed by atoms with Crippen molar-refractivity contribution >= 4 is 0 Å². The van der Waals surface area contributed by atoms with E-state index in [4.69, 9.17) is 23.7 Å². The summed E-state index contributed by atoms with van der Waals surface area (Å²) in [4.78, 5) is 2.22. The van der Waals surface area contributed by atoms with Crippen LogP contribution in [0.1, 0.15) is 32.6 Å². The van der Waals surface area contributed by atoms with Gasteiger partial charge in [0.2, 0.25) is 0 Å². The number of methoxy groups -OCH3 is 3. The SMILES string of the molecule is COCCCCC/C(C)=C\C1[C@@H](OCOC)C2OC2N1COC. The maximum atomic E-state index is 5.85. The average Bonchev–Trinajstić information content (AvgIpc) is 3.27. The first-order valence-electron chi connectivity index (χ1n) is 8.39. The van der Waals surface area contributed by atoms with E-state index in [-0.39, 0.29) is 24.5 Å². The highest BCUT2D eigenvalue weighted by atomic mass is 16.7. The number of rotatable bonds is 12. The molecule has 0 amide bonds. The Kier molecular flexibility index (Phi) is 7.95. The molecule has 2 rings (SSSR count). The second kappa shape index (κ2) is 9.71. The van der Waals surface area contributed by atoms with Gasteiger partial charge in [-0.3, -0.25) is 0 Å². The number of hydrogen-bond acceptors (Lipinski definition) is 6. The number of fused-ring (bicyclic) bond motifs is 1. The van der Waals surface area contributed by atoms with Crippen molar-refractivity contribution in [3.63, 3.8) is 0 Å². The van der Waals surface area contributed by atoms with E-state index >= 15 is 0 Å². The minimum absolute atomic E-state index is 0.0125. The van der Waals surface area contributed by atoms with Gasteiger partial charge in [0.1, 0.15) is 32.0 Å². The standard InChI is InChI=1S/C17H31NO5/c1-13(8-6-5-7-9-19-2)10-14-15(22-12-21-4)16-17(23-16)18(14)11-20-3/h10,14-17H,5-9,11-12H2,1-4H3/b13-10-/t14?,15-,16?,17?/m1/s1. The number of epoxide rings is 1. The van der Waals surface area contributed by atoms with Crippen molar-refractivity contribution in [2.45, 2.75) is 57.1 Å². The van der Waals surface area contributed by atoms with Crippen LogP contribution in [0.4, 0.5) is 0 Å². The summed E-state index contributed by atoms with van der Waals surface area (Å²) in [7, 11) is 5.11. The van der Waals surface area contributed by atoms with E-state index in [1.807, 2.05) is 0 Å². The monoisotopic (exact) mass is 329 g/mol. The maximum Gasteiger partial charge on any atom is 0.146 e. The molecular weight excluding hydrogens is 298 g/mol. The third kappa shape index (κ3) is 5.24. The van der Waals surface area contributed by atoms with E-state index < -0.39 is 0 Å². The van der Waals surface area contributed by atoms with Gasteiger partial charge in [-0.1, -0.05) is 18.1 Å². The number of allylic oxidation sites excluding steroid dienone is 1. The van der Waals surface area contributed by atoms with E-state index in [9.17, 15) is 0 Å². The highest BCUT2D eigenvalue weighted by Gasteiger charge is 2.61. The fraction of sp³-hybridized carbons (Fsp3) is 0.882. The second-order valence-corrected chi connectivity index (χ2v) is 6.27. The Labute approximate surface area is 139 Å². The predicted octanol–water partition coefficient (Wildman–Crippen LogP) is 2.14. The molecule has 0 radical (unpaired) electrons. The van der Waals surface area contributed by atoms with E-state index in [1.165, 1.54) is 18.4 Å². The van der Waals surface area contributed by atoms with Gasteiger partial charge in [0.15, 0.2) is 0 Å². The zero-order valence-corrected chi connectivity index (χ0v) is 14.8.